The number of aromatic nitrogens is 3. The van der Waals surface area contributed by atoms with E-state index in [1.807, 2.05) is 11.6 Å². The zero-order valence-electron chi connectivity index (χ0n) is 6.36. The molecule has 0 aliphatic rings. The Labute approximate surface area is 87.6 Å². The molecule has 2 aromatic heterocycles. The molecule has 2 rings (SSSR count). The zero-order chi connectivity index (χ0) is 8.55. The summed E-state index contributed by atoms with van der Waals surface area (Å²) in [5.41, 5.74) is 0. The van der Waals surface area contributed by atoms with Gasteiger partial charge < -0.3 is 4.57 Å². The molecule has 0 saturated heterocycles. The van der Waals surface area contributed by atoms with Gasteiger partial charge in [-0.2, -0.15) is 0 Å². The highest BCUT2D eigenvalue weighted by Gasteiger charge is 2.08. The molecular weight excluding hydrogens is 285 g/mol. The van der Waals surface area contributed by atoms with Gasteiger partial charge in [0.25, 0.3) is 0 Å². The quantitative estimate of drug-likeness (QED) is 0.754. The van der Waals surface area contributed by atoms with E-state index in [1.165, 1.54) is 8.45 Å². The lowest BCUT2D eigenvalue weighted by molar-refractivity contribution is 0.921. The van der Waals surface area contributed by atoms with Gasteiger partial charge in [-0.25, -0.2) is 0 Å². The van der Waals surface area contributed by atoms with Crippen molar-refractivity contribution >= 4 is 33.9 Å². The van der Waals surface area contributed by atoms with Gasteiger partial charge in [0, 0.05) is 10.6 Å². The minimum absolute atomic E-state index is 0.939. The summed E-state index contributed by atoms with van der Waals surface area (Å²) in [5.74, 6) is 0.939. The number of hydrogen-bond acceptors (Lipinski definition) is 3. The van der Waals surface area contributed by atoms with Crippen molar-refractivity contribution in [3.05, 3.63) is 21.3 Å². The summed E-state index contributed by atoms with van der Waals surface area (Å²) >= 11 is 3.99. The van der Waals surface area contributed by atoms with Gasteiger partial charge in [-0.15, -0.1) is 21.5 Å². The third-order valence-corrected chi connectivity index (χ3v) is 3.71. The Balaban J connectivity index is 2.57. The summed E-state index contributed by atoms with van der Waals surface area (Å²) in [4.78, 5) is 1.19. The molecule has 0 fully saturated rings. The normalized spacial score (nSPS) is 10.5. The first-order valence-corrected chi connectivity index (χ1v) is 5.32. The maximum absolute atomic E-state index is 4.04. The Morgan fingerprint density at radius 2 is 2.42 bits per heavy atom. The Bertz CT molecular complexity index is 355. The van der Waals surface area contributed by atoms with E-state index in [-0.39, 0.29) is 0 Å². The van der Waals surface area contributed by atoms with E-state index in [1.54, 1.807) is 17.7 Å². The van der Waals surface area contributed by atoms with Gasteiger partial charge in [0.1, 0.15) is 6.33 Å². The van der Waals surface area contributed by atoms with Crippen LogP contribution in [0.5, 0.6) is 0 Å². The van der Waals surface area contributed by atoms with E-state index >= 15 is 0 Å². The van der Waals surface area contributed by atoms with Crippen molar-refractivity contribution < 1.29 is 0 Å². The van der Waals surface area contributed by atoms with Crippen molar-refractivity contribution in [3.8, 4) is 10.7 Å². The number of halogens is 1. The van der Waals surface area contributed by atoms with Crippen LogP contribution in [-0.4, -0.2) is 14.8 Å². The molecule has 0 radical (unpaired) electrons. The van der Waals surface area contributed by atoms with E-state index in [0.717, 1.165) is 5.82 Å². The third kappa shape index (κ3) is 1.27. The highest BCUT2D eigenvalue weighted by molar-refractivity contribution is 14.1. The fourth-order valence-electron chi connectivity index (χ4n) is 0.942. The average Bonchev–Trinajstić information content (AvgIpc) is 2.59. The van der Waals surface area contributed by atoms with Gasteiger partial charge in [-0.05, 0) is 34.0 Å². The van der Waals surface area contributed by atoms with Crippen molar-refractivity contribution in [3.63, 3.8) is 0 Å². The molecule has 0 N–H and O–H groups in total. The first-order chi connectivity index (χ1) is 5.79. The van der Waals surface area contributed by atoms with Crippen LogP contribution in [0, 0.1) is 3.57 Å². The predicted octanol–water partition coefficient (Wildman–Crippen LogP) is 2.15. The summed E-state index contributed by atoms with van der Waals surface area (Å²) in [6, 6.07) is 2.08. The molecule has 12 heavy (non-hydrogen) atoms. The highest BCUT2D eigenvalue weighted by atomic mass is 127. The maximum atomic E-state index is 4.04. The molecule has 0 unspecified atom stereocenters. The van der Waals surface area contributed by atoms with Gasteiger partial charge in [-0.3, -0.25) is 0 Å². The molecule has 0 atom stereocenters. The molecule has 0 aromatic carbocycles. The van der Waals surface area contributed by atoms with Crippen molar-refractivity contribution in [2.24, 2.45) is 7.05 Å². The number of aryl methyl sites for hydroxylation is 1. The van der Waals surface area contributed by atoms with Gasteiger partial charge in [-0.1, -0.05) is 0 Å². The van der Waals surface area contributed by atoms with Crippen LogP contribution >= 0.6 is 33.9 Å². The van der Waals surface area contributed by atoms with Crippen LogP contribution in [0.15, 0.2) is 17.8 Å². The van der Waals surface area contributed by atoms with Gasteiger partial charge >= 0.3 is 0 Å². The standard InChI is InChI=1S/C7H6IN3S/c1-11-4-9-10-7(11)6-5(8)2-3-12-6/h2-4H,1H3. The minimum Gasteiger partial charge on any atom is -0.316 e. The maximum Gasteiger partial charge on any atom is 0.174 e. The molecule has 62 valence electrons. The van der Waals surface area contributed by atoms with Gasteiger partial charge in [0.15, 0.2) is 5.82 Å². The van der Waals surface area contributed by atoms with Crippen LogP contribution < -0.4 is 0 Å². The van der Waals surface area contributed by atoms with Crippen LogP contribution in [-0.2, 0) is 7.05 Å². The zero-order valence-corrected chi connectivity index (χ0v) is 9.33. The monoisotopic (exact) mass is 291 g/mol. The van der Waals surface area contributed by atoms with E-state index in [9.17, 15) is 0 Å². The van der Waals surface area contributed by atoms with E-state index in [2.05, 4.69) is 44.2 Å². The first-order valence-electron chi connectivity index (χ1n) is 3.36. The molecule has 2 aromatic rings. The second kappa shape index (κ2) is 3.14. The molecule has 5 heteroatoms. The lowest BCUT2D eigenvalue weighted by Crippen LogP contribution is -1.89. The smallest absolute Gasteiger partial charge is 0.174 e. The molecule has 0 aliphatic heterocycles. The molecule has 3 nitrogen and oxygen atoms in total. The van der Waals surface area contributed by atoms with Crippen LogP contribution in [0.2, 0.25) is 0 Å². The molecule has 2 heterocycles. The predicted molar refractivity (Wildman–Crippen MR) is 57.0 cm³/mol. The van der Waals surface area contributed by atoms with Crippen molar-refractivity contribution in [2.45, 2.75) is 0 Å². The number of nitrogens with zero attached hydrogens (tertiary/aromatic N) is 3. The lowest BCUT2D eigenvalue weighted by Gasteiger charge is -1.95. The fourth-order valence-corrected chi connectivity index (χ4v) is 2.80. The summed E-state index contributed by atoms with van der Waals surface area (Å²) in [6.45, 7) is 0. The second-order valence-electron chi connectivity index (χ2n) is 2.36. The van der Waals surface area contributed by atoms with Crippen molar-refractivity contribution in [2.75, 3.05) is 0 Å². The summed E-state index contributed by atoms with van der Waals surface area (Å²) in [7, 11) is 1.95. The van der Waals surface area contributed by atoms with Gasteiger partial charge in [0.2, 0.25) is 0 Å². The molecule has 0 bridgehead atoms. The molecule has 0 aliphatic carbocycles. The van der Waals surface area contributed by atoms with Crippen LogP contribution in [0.4, 0.5) is 0 Å². The topological polar surface area (TPSA) is 30.7 Å². The summed E-state index contributed by atoms with van der Waals surface area (Å²) in [5, 5.41) is 9.93. The molecule has 0 amide bonds. The van der Waals surface area contributed by atoms with Crippen molar-refractivity contribution in [1.82, 2.24) is 14.8 Å². The highest BCUT2D eigenvalue weighted by Crippen LogP contribution is 2.28. The number of thiophene rings is 1. The fraction of sp³-hybridized carbons (Fsp3) is 0.143. The number of rotatable bonds is 1. The summed E-state index contributed by atoms with van der Waals surface area (Å²) in [6.07, 6.45) is 1.71. The average molecular weight is 291 g/mol. The van der Waals surface area contributed by atoms with Crippen molar-refractivity contribution in [1.29, 1.82) is 0 Å². The van der Waals surface area contributed by atoms with Crippen LogP contribution in [0.25, 0.3) is 10.7 Å². The number of hydrogen-bond donors (Lipinski definition) is 0. The third-order valence-electron chi connectivity index (χ3n) is 1.53. The van der Waals surface area contributed by atoms with E-state index in [0.29, 0.717) is 0 Å². The Morgan fingerprint density at radius 3 is 2.92 bits per heavy atom. The minimum atomic E-state index is 0.939. The van der Waals surface area contributed by atoms with Crippen LogP contribution in [0.3, 0.4) is 0 Å². The van der Waals surface area contributed by atoms with E-state index < -0.39 is 0 Å². The second-order valence-corrected chi connectivity index (χ2v) is 4.44. The first kappa shape index (κ1) is 8.18. The molecule has 0 spiro atoms. The van der Waals surface area contributed by atoms with Gasteiger partial charge in [0.05, 0.1) is 4.88 Å². The Kier molecular flexibility index (Phi) is 2.14. The SMILES string of the molecule is Cn1cnnc1-c1sccc1I. The summed E-state index contributed by atoms with van der Waals surface area (Å²) < 4.78 is 3.15. The molecular formula is C7H6IN3S. The molecule has 0 saturated carbocycles. The Morgan fingerprint density at radius 1 is 1.58 bits per heavy atom. The Hall–Kier alpha value is -0.430. The largest absolute Gasteiger partial charge is 0.316 e. The van der Waals surface area contributed by atoms with E-state index in [4.69, 9.17) is 0 Å². The lowest BCUT2D eigenvalue weighted by atomic mass is 10.4. The van der Waals surface area contributed by atoms with Crippen LogP contribution in [0.1, 0.15) is 0 Å².